The van der Waals surface area contributed by atoms with Crippen LogP contribution in [0.2, 0.25) is 0 Å². The maximum Gasteiger partial charge on any atom is 0.338 e. The summed E-state index contributed by atoms with van der Waals surface area (Å²) in [7, 11) is 1.31. The van der Waals surface area contributed by atoms with Crippen molar-refractivity contribution in [3.05, 3.63) is 41.5 Å². The number of aryl methyl sites for hydroxylation is 1. The summed E-state index contributed by atoms with van der Waals surface area (Å²) in [6, 6.07) is 8.96. The van der Waals surface area contributed by atoms with Gasteiger partial charge >= 0.3 is 11.9 Å². The topological polar surface area (TPSA) is 52.6 Å². The number of carbonyl (C=O) groups excluding carboxylic acids is 2. The lowest BCUT2D eigenvalue weighted by Crippen LogP contribution is -2.05. The number of rotatable bonds is 2. The number of carbonyl (C=O) groups is 2. The van der Waals surface area contributed by atoms with Gasteiger partial charge < -0.3 is 9.47 Å². The molecule has 0 saturated carbocycles. The average Bonchev–Trinajstić information content (AvgIpc) is 2.37. The predicted octanol–water partition coefficient (Wildman–Crippen LogP) is 2.86. The fourth-order valence-corrected chi connectivity index (χ4v) is 1.91. The summed E-state index contributed by atoms with van der Waals surface area (Å²) in [5, 5.41) is 1.62. The molecule has 2 rings (SSSR count). The molecule has 4 nitrogen and oxygen atoms in total. The van der Waals surface area contributed by atoms with Crippen molar-refractivity contribution in [1.29, 1.82) is 0 Å². The molecule has 0 spiro atoms. The highest BCUT2D eigenvalue weighted by Crippen LogP contribution is 2.29. The fraction of sp³-hybridized carbons (Fsp3) is 0.200. The van der Waals surface area contributed by atoms with Crippen LogP contribution in [0.15, 0.2) is 30.3 Å². The van der Waals surface area contributed by atoms with Crippen LogP contribution < -0.4 is 4.74 Å². The normalized spacial score (nSPS) is 10.3. The van der Waals surface area contributed by atoms with E-state index in [-0.39, 0.29) is 0 Å². The van der Waals surface area contributed by atoms with Crippen LogP contribution in [-0.4, -0.2) is 19.0 Å². The number of hydrogen-bond acceptors (Lipinski definition) is 4. The van der Waals surface area contributed by atoms with Gasteiger partial charge in [0.1, 0.15) is 5.75 Å². The summed E-state index contributed by atoms with van der Waals surface area (Å²) in [6.07, 6.45) is 0. The lowest BCUT2D eigenvalue weighted by Gasteiger charge is -2.09. The monoisotopic (exact) mass is 258 g/mol. The van der Waals surface area contributed by atoms with Gasteiger partial charge in [-0.05, 0) is 30.5 Å². The van der Waals surface area contributed by atoms with Crippen LogP contribution in [0.1, 0.15) is 22.8 Å². The molecule has 4 heteroatoms. The van der Waals surface area contributed by atoms with E-state index in [9.17, 15) is 9.59 Å². The number of methoxy groups -OCH3 is 1. The molecule has 98 valence electrons. The first kappa shape index (κ1) is 13.1. The highest BCUT2D eigenvalue weighted by molar-refractivity contribution is 5.99. The molecule has 0 amide bonds. The molecule has 0 bridgehead atoms. The van der Waals surface area contributed by atoms with Crippen molar-refractivity contribution in [1.82, 2.24) is 0 Å². The number of benzene rings is 2. The summed E-state index contributed by atoms with van der Waals surface area (Å²) in [5.74, 6) is -0.519. The SMILES string of the molecule is COC(=O)c1cc(OC(C)=O)c2cc(C)ccc2c1. The largest absolute Gasteiger partial charge is 0.465 e. The number of fused-ring (bicyclic) bond motifs is 1. The van der Waals surface area contributed by atoms with E-state index in [2.05, 4.69) is 4.74 Å². The standard InChI is InChI=1S/C15H14O4/c1-9-4-5-11-7-12(15(17)18-3)8-14(13(11)6-9)19-10(2)16/h4-8H,1-3H3. The van der Waals surface area contributed by atoms with E-state index in [1.807, 2.05) is 25.1 Å². The average molecular weight is 258 g/mol. The van der Waals surface area contributed by atoms with E-state index in [1.54, 1.807) is 6.07 Å². The van der Waals surface area contributed by atoms with Gasteiger partial charge in [-0.25, -0.2) is 4.79 Å². The number of esters is 2. The highest BCUT2D eigenvalue weighted by Gasteiger charge is 2.12. The van der Waals surface area contributed by atoms with Crippen molar-refractivity contribution in [2.45, 2.75) is 13.8 Å². The van der Waals surface area contributed by atoms with Gasteiger partial charge in [0, 0.05) is 12.3 Å². The van der Waals surface area contributed by atoms with E-state index in [0.29, 0.717) is 11.3 Å². The minimum atomic E-state index is -0.462. The summed E-state index contributed by atoms with van der Waals surface area (Å²) >= 11 is 0. The lowest BCUT2D eigenvalue weighted by atomic mass is 10.0. The first-order valence-corrected chi connectivity index (χ1v) is 5.82. The molecule has 19 heavy (non-hydrogen) atoms. The highest BCUT2D eigenvalue weighted by atomic mass is 16.5. The van der Waals surface area contributed by atoms with Gasteiger partial charge in [-0.1, -0.05) is 17.7 Å². The van der Waals surface area contributed by atoms with E-state index < -0.39 is 11.9 Å². The third-order valence-corrected chi connectivity index (χ3v) is 2.75. The zero-order valence-electron chi connectivity index (χ0n) is 11.0. The second-order valence-corrected chi connectivity index (χ2v) is 4.28. The molecule has 0 N–H and O–H groups in total. The smallest absolute Gasteiger partial charge is 0.338 e. The molecule has 0 unspecified atom stereocenters. The molecule has 0 saturated heterocycles. The van der Waals surface area contributed by atoms with E-state index in [1.165, 1.54) is 20.1 Å². The van der Waals surface area contributed by atoms with Crippen molar-refractivity contribution in [3.63, 3.8) is 0 Å². The lowest BCUT2D eigenvalue weighted by molar-refractivity contribution is -0.131. The third-order valence-electron chi connectivity index (χ3n) is 2.75. The maximum absolute atomic E-state index is 11.6. The second-order valence-electron chi connectivity index (χ2n) is 4.28. The van der Waals surface area contributed by atoms with Crippen LogP contribution in [0, 0.1) is 6.92 Å². The Morgan fingerprint density at radius 3 is 2.47 bits per heavy atom. The van der Waals surface area contributed by atoms with Crippen molar-refractivity contribution < 1.29 is 19.1 Å². The minimum absolute atomic E-state index is 0.357. The van der Waals surface area contributed by atoms with Crippen molar-refractivity contribution in [2.75, 3.05) is 7.11 Å². The molecule has 2 aromatic rings. The van der Waals surface area contributed by atoms with Crippen molar-refractivity contribution in [2.24, 2.45) is 0 Å². The van der Waals surface area contributed by atoms with Crippen LogP contribution in [0.5, 0.6) is 5.75 Å². The van der Waals surface area contributed by atoms with Gasteiger partial charge in [0.2, 0.25) is 0 Å². The fourth-order valence-electron chi connectivity index (χ4n) is 1.91. The summed E-state index contributed by atoms with van der Waals surface area (Å²) in [6.45, 7) is 3.28. The van der Waals surface area contributed by atoms with Gasteiger partial charge in [-0.2, -0.15) is 0 Å². The zero-order chi connectivity index (χ0) is 14.0. The Morgan fingerprint density at radius 2 is 1.84 bits per heavy atom. The quantitative estimate of drug-likeness (QED) is 0.614. The number of hydrogen-bond donors (Lipinski definition) is 0. The van der Waals surface area contributed by atoms with E-state index >= 15 is 0 Å². The zero-order valence-corrected chi connectivity index (χ0v) is 11.0. The first-order chi connectivity index (χ1) is 9.01. The van der Waals surface area contributed by atoms with Crippen LogP contribution in [0.25, 0.3) is 10.8 Å². The summed E-state index contributed by atoms with van der Waals surface area (Å²) in [4.78, 5) is 22.8. The summed E-state index contributed by atoms with van der Waals surface area (Å²) < 4.78 is 9.86. The van der Waals surface area contributed by atoms with Crippen molar-refractivity contribution >= 4 is 22.7 Å². The van der Waals surface area contributed by atoms with Crippen LogP contribution >= 0.6 is 0 Å². The maximum atomic E-state index is 11.6. The Morgan fingerprint density at radius 1 is 1.11 bits per heavy atom. The molecule has 0 atom stereocenters. The Kier molecular flexibility index (Phi) is 3.51. The molecule has 0 radical (unpaired) electrons. The van der Waals surface area contributed by atoms with Gasteiger partial charge in [-0.3, -0.25) is 4.79 Å². The molecular formula is C15H14O4. The molecule has 0 fully saturated rings. The minimum Gasteiger partial charge on any atom is -0.465 e. The Balaban J connectivity index is 2.68. The molecule has 0 aliphatic heterocycles. The van der Waals surface area contributed by atoms with E-state index in [0.717, 1.165) is 16.3 Å². The molecule has 0 aromatic heterocycles. The predicted molar refractivity (Wildman–Crippen MR) is 71.3 cm³/mol. The third kappa shape index (κ3) is 2.73. The van der Waals surface area contributed by atoms with Crippen LogP contribution in [0.3, 0.4) is 0 Å². The molecule has 2 aromatic carbocycles. The first-order valence-electron chi connectivity index (χ1n) is 5.82. The van der Waals surface area contributed by atoms with Gasteiger partial charge in [0.05, 0.1) is 12.7 Å². The molecular weight excluding hydrogens is 244 g/mol. The van der Waals surface area contributed by atoms with E-state index in [4.69, 9.17) is 4.74 Å². The molecule has 0 heterocycles. The number of ether oxygens (including phenoxy) is 2. The Bertz CT molecular complexity index is 658. The van der Waals surface area contributed by atoms with Gasteiger partial charge in [-0.15, -0.1) is 0 Å². The van der Waals surface area contributed by atoms with Crippen LogP contribution in [0.4, 0.5) is 0 Å². The van der Waals surface area contributed by atoms with Crippen molar-refractivity contribution in [3.8, 4) is 5.75 Å². The Labute approximate surface area is 110 Å². The van der Waals surface area contributed by atoms with Gasteiger partial charge in [0.25, 0.3) is 0 Å². The Hall–Kier alpha value is -2.36. The molecule has 0 aliphatic carbocycles. The van der Waals surface area contributed by atoms with Gasteiger partial charge in [0.15, 0.2) is 0 Å². The van der Waals surface area contributed by atoms with Crippen LogP contribution in [-0.2, 0) is 9.53 Å². The summed E-state index contributed by atoms with van der Waals surface area (Å²) in [5.41, 5.74) is 1.40. The molecule has 0 aliphatic rings. The second kappa shape index (κ2) is 5.10.